The van der Waals surface area contributed by atoms with Crippen molar-refractivity contribution in [3.05, 3.63) is 11.1 Å². The van der Waals surface area contributed by atoms with Gasteiger partial charge in [0.1, 0.15) is 0 Å². The van der Waals surface area contributed by atoms with Crippen LogP contribution in [-0.4, -0.2) is 20.5 Å². The number of hydrogen-bond acceptors (Lipinski definition) is 2. The molecule has 0 bridgehead atoms. The number of methoxy groups -OCH3 is 2. The molecule has 0 radical (unpaired) electrons. The van der Waals surface area contributed by atoms with Crippen LogP contribution in [-0.2, 0) is 9.47 Å². The maximum atomic E-state index is 5.50. The molecule has 0 saturated heterocycles. The number of rotatable bonds is 3. The van der Waals surface area contributed by atoms with Crippen molar-refractivity contribution in [2.24, 2.45) is 11.3 Å². The van der Waals surface area contributed by atoms with Gasteiger partial charge in [0.2, 0.25) is 0 Å². The molecule has 17 heavy (non-hydrogen) atoms. The summed E-state index contributed by atoms with van der Waals surface area (Å²) in [4.78, 5) is 0. The van der Waals surface area contributed by atoms with E-state index in [0.29, 0.717) is 5.41 Å². The van der Waals surface area contributed by atoms with Gasteiger partial charge in [0, 0.05) is 14.2 Å². The van der Waals surface area contributed by atoms with Crippen LogP contribution in [0.3, 0.4) is 0 Å². The summed E-state index contributed by atoms with van der Waals surface area (Å²) in [5.41, 5.74) is 3.44. The maximum absolute atomic E-state index is 5.50. The van der Waals surface area contributed by atoms with Gasteiger partial charge in [-0.2, -0.15) is 0 Å². The average Bonchev–Trinajstić information content (AvgIpc) is 2.30. The molecule has 1 unspecified atom stereocenters. The second-order valence-corrected chi connectivity index (χ2v) is 6.11. The van der Waals surface area contributed by atoms with E-state index in [4.69, 9.17) is 9.47 Å². The van der Waals surface area contributed by atoms with Gasteiger partial charge in [-0.25, -0.2) is 0 Å². The minimum absolute atomic E-state index is 0.120. The molecule has 98 valence electrons. The zero-order chi connectivity index (χ0) is 12.5. The summed E-state index contributed by atoms with van der Waals surface area (Å²) in [5, 5.41) is 0. The van der Waals surface area contributed by atoms with Crippen LogP contribution in [0.1, 0.15) is 52.4 Å². The summed E-state index contributed by atoms with van der Waals surface area (Å²) in [5.74, 6) is 0.787. The molecule has 1 atom stereocenters. The van der Waals surface area contributed by atoms with Gasteiger partial charge >= 0.3 is 0 Å². The highest BCUT2D eigenvalue weighted by Gasteiger charge is 2.39. The van der Waals surface area contributed by atoms with Gasteiger partial charge in [0.25, 0.3) is 0 Å². The second kappa shape index (κ2) is 5.11. The van der Waals surface area contributed by atoms with Gasteiger partial charge in [0.15, 0.2) is 6.29 Å². The van der Waals surface area contributed by atoms with Crippen LogP contribution < -0.4 is 0 Å². The Balaban J connectivity index is 2.39. The van der Waals surface area contributed by atoms with Crippen molar-refractivity contribution in [1.82, 2.24) is 0 Å². The highest BCUT2D eigenvalue weighted by molar-refractivity contribution is 5.29. The van der Waals surface area contributed by atoms with Crippen LogP contribution in [0.25, 0.3) is 0 Å². The summed E-state index contributed by atoms with van der Waals surface area (Å²) in [6, 6.07) is 0. The normalized spacial score (nSPS) is 28.4. The predicted octanol–water partition coefficient (Wildman–Crippen LogP) is 3.91. The summed E-state index contributed by atoms with van der Waals surface area (Å²) in [7, 11) is 3.50. The molecule has 0 aromatic carbocycles. The predicted molar refractivity (Wildman–Crippen MR) is 69.8 cm³/mol. The lowest BCUT2D eigenvalue weighted by molar-refractivity contribution is -0.0801. The molecule has 0 aliphatic heterocycles. The Bertz CT molecular complexity index is 300. The fraction of sp³-hybridized carbons (Fsp3) is 0.867. The van der Waals surface area contributed by atoms with Gasteiger partial charge < -0.3 is 9.47 Å². The molecule has 0 N–H and O–H groups in total. The molecule has 0 aromatic heterocycles. The molecule has 2 heteroatoms. The van der Waals surface area contributed by atoms with Gasteiger partial charge in [-0.1, -0.05) is 25.8 Å². The molecule has 0 amide bonds. The molecular formula is C15H26O2. The van der Waals surface area contributed by atoms with Crippen LogP contribution >= 0.6 is 0 Å². The fourth-order valence-electron chi connectivity index (χ4n) is 3.91. The number of ether oxygens (including phenoxy) is 2. The van der Waals surface area contributed by atoms with E-state index in [9.17, 15) is 0 Å². The first kappa shape index (κ1) is 13.1. The van der Waals surface area contributed by atoms with Crippen molar-refractivity contribution in [1.29, 1.82) is 0 Å². The van der Waals surface area contributed by atoms with Gasteiger partial charge in [-0.3, -0.25) is 0 Å². The van der Waals surface area contributed by atoms with E-state index >= 15 is 0 Å². The molecule has 1 saturated carbocycles. The molecule has 2 nitrogen and oxygen atoms in total. The van der Waals surface area contributed by atoms with Gasteiger partial charge in [-0.15, -0.1) is 0 Å². The van der Waals surface area contributed by atoms with Crippen LogP contribution in [0.2, 0.25) is 0 Å². The largest absolute Gasteiger partial charge is 0.352 e. The van der Waals surface area contributed by atoms with Crippen molar-refractivity contribution in [2.75, 3.05) is 14.2 Å². The van der Waals surface area contributed by atoms with E-state index < -0.39 is 0 Å². The minimum atomic E-state index is -0.120. The minimum Gasteiger partial charge on any atom is -0.352 e. The Morgan fingerprint density at radius 1 is 1.12 bits per heavy atom. The first-order valence-corrected chi connectivity index (χ1v) is 6.89. The van der Waals surface area contributed by atoms with Crippen LogP contribution in [0.15, 0.2) is 11.1 Å². The maximum Gasteiger partial charge on any atom is 0.179 e. The third kappa shape index (κ3) is 2.43. The first-order chi connectivity index (χ1) is 8.10. The van der Waals surface area contributed by atoms with Gasteiger partial charge in [-0.05, 0) is 49.0 Å². The third-order valence-corrected chi connectivity index (χ3v) is 4.55. The summed E-state index contributed by atoms with van der Waals surface area (Å²) < 4.78 is 11.0. The average molecular weight is 238 g/mol. The lowest BCUT2D eigenvalue weighted by Crippen LogP contribution is -2.33. The zero-order valence-corrected chi connectivity index (χ0v) is 11.7. The highest BCUT2D eigenvalue weighted by atomic mass is 16.7. The van der Waals surface area contributed by atoms with Gasteiger partial charge in [0.05, 0.1) is 0 Å². The SMILES string of the molecule is COC(OC)C1=C2C(CCC1)CCCC2(C)C. The van der Waals surface area contributed by atoms with Crippen LogP contribution in [0.4, 0.5) is 0 Å². The molecule has 2 aliphatic carbocycles. The quantitative estimate of drug-likeness (QED) is 0.548. The molecule has 1 fully saturated rings. The van der Waals surface area contributed by atoms with E-state index in [2.05, 4.69) is 13.8 Å². The van der Waals surface area contributed by atoms with E-state index in [-0.39, 0.29) is 6.29 Å². The van der Waals surface area contributed by atoms with Crippen molar-refractivity contribution >= 4 is 0 Å². The van der Waals surface area contributed by atoms with E-state index in [0.717, 1.165) is 12.3 Å². The number of allylic oxidation sites excluding steroid dienone is 1. The topological polar surface area (TPSA) is 18.5 Å². The Morgan fingerprint density at radius 2 is 1.76 bits per heavy atom. The fourth-order valence-corrected chi connectivity index (χ4v) is 3.91. The highest BCUT2D eigenvalue weighted by Crippen LogP contribution is 2.50. The van der Waals surface area contributed by atoms with E-state index in [1.165, 1.54) is 37.7 Å². The smallest absolute Gasteiger partial charge is 0.179 e. The monoisotopic (exact) mass is 238 g/mol. The molecular weight excluding hydrogens is 212 g/mol. The molecule has 0 spiro atoms. The lowest BCUT2D eigenvalue weighted by atomic mass is 9.62. The van der Waals surface area contributed by atoms with Crippen molar-refractivity contribution in [3.63, 3.8) is 0 Å². The number of hydrogen-bond donors (Lipinski definition) is 0. The number of fused-ring (bicyclic) bond motifs is 1. The van der Waals surface area contributed by atoms with Crippen molar-refractivity contribution in [3.8, 4) is 0 Å². The lowest BCUT2D eigenvalue weighted by Gasteiger charge is -2.44. The Morgan fingerprint density at radius 3 is 2.41 bits per heavy atom. The molecule has 0 aromatic rings. The molecule has 2 aliphatic rings. The standard InChI is InChI=1S/C15H26O2/c1-15(2)10-6-8-11-7-5-9-12(13(11)15)14(16-3)17-4/h11,14H,5-10H2,1-4H3. The Hall–Kier alpha value is -0.340. The summed E-state index contributed by atoms with van der Waals surface area (Å²) in [6.45, 7) is 4.78. The van der Waals surface area contributed by atoms with Crippen LogP contribution in [0, 0.1) is 11.3 Å². The Labute approximate surface area is 105 Å². The second-order valence-electron chi connectivity index (χ2n) is 6.11. The summed E-state index contributed by atoms with van der Waals surface area (Å²) >= 11 is 0. The third-order valence-electron chi connectivity index (χ3n) is 4.55. The summed E-state index contributed by atoms with van der Waals surface area (Å²) in [6.07, 6.45) is 7.74. The van der Waals surface area contributed by atoms with Crippen molar-refractivity contribution < 1.29 is 9.47 Å². The molecule has 2 rings (SSSR count). The van der Waals surface area contributed by atoms with E-state index in [1.54, 1.807) is 19.8 Å². The van der Waals surface area contributed by atoms with Crippen LogP contribution in [0.5, 0.6) is 0 Å². The zero-order valence-electron chi connectivity index (χ0n) is 11.7. The Kier molecular flexibility index (Phi) is 3.94. The first-order valence-electron chi connectivity index (χ1n) is 6.89. The molecule has 0 heterocycles. The van der Waals surface area contributed by atoms with Crippen molar-refractivity contribution in [2.45, 2.75) is 58.7 Å². The van der Waals surface area contributed by atoms with E-state index in [1.807, 2.05) is 0 Å².